The Labute approximate surface area is 341 Å². The molecule has 14 nitrogen and oxygen atoms in total. The highest BCUT2D eigenvalue weighted by Crippen LogP contribution is 2.40. The van der Waals surface area contributed by atoms with E-state index >= 15 is 0 Å². The van der Waals surface area contributed by atoms with Crippen LogP contribution in [0.25, 0.3) is 0 Å². The van der Waals surface area contributed by atoms with Gasteiger partial charge in [-0.1, -0.05) is 0 Å². The molecule has 1 aliphatic carbocycles. The summed E-state index contributed by atoms with van der Waals surface area (Å²) >= 11 is 5.73. The molecule has 6 rings (SSSR count). The van der Waals surface area contributed by atoms with Gasteiger partial charge in [-0.25, -0.2) is 9.78 Å². The number of carbonyl (C=O) groups excluding carboxylic acids is 4. The van der Waals surface area contributed by atoms with Crippen molar-refractivity contribution in [2.75, 3.05) is 54.4 Å². The van der Waals surface area contributed by atoms with E-state index in [1.165, 1.54) is 17.2 Å². The number of ether oxygens (including phenoxy) is 1. The molecule has 2 atom stereocenters. The minimum absolute atomic E-state index is 0. The predicted molar refractivity (Wildman–Crippen MR) is 212 cm³/mol. The van der Waals surface area contributed by atoms with Gasteiger partial charge in [0.05, 0.1) is 54.0 Å². The van der Waals surface area contributed by atoms with E-state index in [4.69, 9.17) is 17.0 Å². The van der Waals surface area contributed by atoms with Crippen molar-refractivity contribution in [2.45, 2.75) is 95.7 Å². The third kappa shape index (κ3) is 9.50. The molecule has 0 spiro atoms. The molecule has 0 unspecified atom stereocenters. The molecule has 4 heterocycles. The summed E-state index contributed by atoms with van der Waals surface area (Å²) in [6.07, 6.45) is -0.183. The molecule has 2 aromatic rings. The number of thiocarbonyl (C=S) groups is 1. The maximum Gasteiger partial charge on any atom is 0.417 e. The maximum atomic E-state index is 13.7. The van der Waals surface area contributed by atoms with Gasteiger partial charge in [0.15, 0.2) is 5.11 Å². The first-order chi connectivity index (χ1) is 26.5. The number of hydrogen-bond donors (Lipinski definition) is 2. The summed E-state index contributed by atoms with van der Waals surface area (Å²) in [4.78, 5) is 63.3. The molecular weight excluding hydrogens is 787 g/mol. The van der Waals surface area contributed by atoms with Crippen molar-refractivity contribution in [1.82, 2.24) is 25.0 Å². The number of amides is 5. The number of carbonyl (C=O) groups is 4. The fourth-order valence-electron chi connectivity index (χ4n) is 8.20. The standard InChI is InChI=1S/C38H46F3N9O5S.ClH/c1-23-20-46(21-24(2)48(23)22-33(52)44-26-6-12-31(43-19-26)47-14-13-32(51)45-35(47)54)15-16-55-29-10-8-27(9-11-29)50-36(56)49(34(53)37(50,3)4)28-7-5-25(18-42)30(17-28)38(39,40)41;/h5-7,12,17,19,23-24,27,29H,8-11,13-16,20-22H2,1-4H3,(H,44,52)(H,45,51,54);1H/t23-,24+,27?,29?;. The average Bonchev–Trinajstić information content (AvgIpc) is 3.32. The number of imide groups is 1. The number of hydrogen-bond acceptors (Lipinski definition) is 10. The average molecular weight is 834 g/mol. The van der Waals surface area contributed by atoms with E-state index < -0.39 is 34.8 Å². The van der Waals surface area contributed by atoms with Crippen LogP contribution in [0, 0.1) is 11.3 Å². The van der Waals surface area contributed by atoms with E-state index in [2.05, 4.69) is 39.3 Å². The van der Waals surface area contributed by atoms with Gasteiger partial charge in [-0.05, 0) is 95.9 Å². The highest BCUT2D eigenvalue weighted by atomic mass is 35.5. The number of benzene rings is 1. The number of alkyl halides is 3. The van der Waals surface area contributed by atoms with Crippen LogP contribution in [0.4, 0.5) is 35.2 Å². The zero-order chi connectivity index (χ0) is 40.5. The van der Waals surface area contributed by atoms with E-state index in [1.54, 1.807) is 32.0 Å². The summed E-state index contributed by atoms with van der Waals surface area (Å²) in [5.41, 5.74) is -2.21. The number of anilines is 3. The van der Waals surface area contributed by atoms with E-state index in [9.17, 15) is 37.6 Å². The second kappa shape index (κ2) is 17.6. The summed E-state index contributed by atoms with van der Waals surface area (Å²) in [7, 11) is 0. The highest BCUT2D eigenvalue weighted by Gasteiger charge is 2.52. The van der Waals surface area contributed by atoms with Crippen molar-refractivity contribution in [2.24, 2.45) is 0 Å². The Morgan fingerprint density at radius 1 is 1.09 bits per heavy atom. The number of nitrogens with zero attached hydrogens (tertiary/aromatic N) is 7. The first-order valence-corrected chi connectivity index (χ1v) is 19.1. The van der Waals surface area contributed by atoms with Gasteiger partial charge >= 0.3 is 12.2 Å². The van der Waals surface area contributed by atoms with Crippen LogP contribution in [0.15, 0.2) is 36.5 Å². The van der Waals surface area contributed by atoms with Gasteiger partial charge in [-0.2, -0.15) is 18.4 Å². The number of piperazine rings is 1. The molecule has 3 saturated heterocycles. The molecule has 3 aliphatic heterocycles. The summed E-state index contributed by atoms with van der Waals surface area (Å²) in [6.45, 7) is 10.9. The third-order valence-electron chi connectivity index (χ3n) is 11.0. The Hall–Kier alpha value is -4.41. The fraction of sp³-hybridized carbons (Fsp3) is 0.553. The van der Waals surface area contributed by atoms with Crippen LogP contribution in [-0.2, 0) is 25.3 Å². The molecule has 1 aromatic carbocycles. The first-order valence-electron chi connectivity index (χ1n) is 18.7. The SMILES string of the molecule is C[C@@H]1CN(CCOC2CCC(N3C(=S)N(c4ccc(C#N)c(C(F)(F)F)c4)C(=O)C3(C)C)CC2)C[C@H](C)N1CC(=O)Nc1ccc(N2CCC(=O)NC2=O)nc1.Cl. The van der Waals surface area contributed by atoms with Crippen molar-refractivity contribution in [1.29, 1.82) is 5.26 Å². The lowest BCUT2D eigenvalue weighted by atomic mass is 9.89. The zero-order valence-electron chi connectivity index (χ0n) is 32.2. The van der Waals surface area contributed by atoms with Crippen LogP contribution < -0.4 is 20.4 Å². The topological polar surface area (TPSA) is 154 Å². The number of urea groups is 1. The van der Waals surface area contributed by atoms with E-state index in [1.807, 2.05) is 4.90 Å². The number of aromatic nitrogens is 1. The molecule has 0 radical (unpaired) electrons. The Morgan fingerprint density at radius 2 is 1.77 bits per heavy atom. The van der Waals surface area contributed by atoms with Gasteiger partial charge < -0.3 is 15.0 Å². The normalized spacial score (nSPS) is 24.6. The second-order valence-electron chi connectivity index (χ2n) is 15.3. The monoisotopic (exact) mass is 833 g/mol. The molecule has 2 N–H and O–H groups in total. The molecule has 19 heteroatoms. The molecule has 0 bridgehead atoms. The van der Waals surface area contributed by atoms with Gasteiger partial charge in [-0.15, -0.1) is 12.4 Å². The fourth-order valence-corrected chi connectivity index (χ4v) is 8.77. The van der Waals surface area contributed by atoms with Gasteiger partial charge in [0.2, 0.25) is 11.8 Å². The molecule has 4 aliphatic rings. The van der Waals surface area contributed by atoms with Crippen LogP contribution in [0.1, 0.15) is 70.9 Å². The smallest absolute Gasteiger partial charge is 0.377 e. The molecule has 1 aromatic heterocycles. The van der Waals surface area contributed by atoms with Crippen molar-refractivity contribution in [3.63, 3.8) is 0 Å². The van der Waals surface area contributed by atoms with Gasteiger partial charge in [0, 0.05) is 50.7 Å². The van der Waals surface area contributed by atoms with Crippen LogP contribution in [-0.4, -0.2) is 118 Å². The lowest BCUT2D eigenvalue weighted by Crippen LogP contribution is -2.58. The quantitative estimate of drug-likeness (QED) is 0.314. The van der Waals surface area contributed by atoms with Gasteiger partial charge in [-0.3, -0.25) is 39.3 Å². The van der Waals surface area contributed by atoms with E-state index in [-0.39, 0.29) is 78.8 Å². The van der Waals surface area contributed by atoms with Gasteiger partial charge in [0.1, 0.15) is 11.4 Å². The molecule has 4 fully saturated rings. The Morgan fingerprint density at radius 3 is 2.37 bits per heavy atom. The molecular formula is C38H47ClF3N9O5S. The Bertz CT molecular complexity index is 1890. The largest absolute Gasteiger partial charge is 0.417 e. The number of pyridine rings is 1. The number of nitriles is 1. The highest BCUT2D eigenvalue weighted by molar-refractivity contribution is 7.80. The van der Waals surface area contributed by atoms with Gasteiger partial charge in [0.25, 0.3) is 5.91 Å². The van der Waals surface area contributed by atoms with Crippen molar-refractivity contribution in [3.8, 4) is 6.07 Å². The summed E-state index contributed by atoms with van der Waals surface area (Å²) in [5, 5.41) is 14.5. The molecule has 308 valence electrons. The third-order valence-corrected chi connectivity index (χ3v) is 11.4. The van der Waals surface area contributed by atoms with Crippen molar-refractivity contribution >= 4 is 70.7 Å². The summed E-state index contributed by atoms with van der Waals surface area (Å²) in [5.74, 6) is -0.528. The molecule has 57 heavy (non-hydrogen) atoms. The van der Waals surface area contributed by atoms with Crippen molar-refractivity contribution in [3.05, 3.63) is 47.7 Å². The van der Waals surface area contributed by atoms with Crippen LogP contribution >= 0.6 is 24.6 Å². The van der Waals surface area contributed by atoms with Crippen LogP contribution in [0.3, 0.4) is 0 Å². The zero-order valence-corrected chi connectivity index (χ0v) is 33.8. The lowest BCUT2D eigenvalue weighted by molar-refractivity contribution is -0.137. The number of rotatable bonds is 10. The first kappa shape index (κ1) is 43.7. The Kier molecular flexibility index (Phi) is 13.5. The second-order valence-corrected chi connectivity index (χ2v) is 15.7. The minimum Gasteiger partial charge on any atom is -0.377 e. The van der Waals surface area contributed by atoms with E-state index in [0.29, 0.717) is 31.0 Å². The van der Waals surface area contributed by atoms with Crippen molar-refractivity contribution < 1.29 is 37.1 Å². The predicted octanol–water partition coefficient (Wildman–Crippen LogP) is 4.91. The molecule has 1 saturated carbocycles. The Balaban J connectivity index is 0.00000620. The number of nitrogens with one attached hydrogen (secondary N) is 2. The lowest BCUT2D eigenvalue weighted by Gasteiger charge is -2.44. The van der Waals surface area contributed by atoms with Crippen LogP contribution in [0.2, 0.25) is 0 Å². The van der Waals surface area contributed by atoms with E-state index in [0.717, 1.165) is 49.5 Å². The molecule has 5 amide bonds. The maximum absolute atomic E-state index is 13.7. The minimum atomic E-state index is -4.76. The summed E-state index contributed by atoms with van der Waals surface area (Å²) < 4.78 is 47.5. The summed E-state index contributed by atoms with van der Waals surface area (Å²) in [6, 6.07) is 7.69. The number of halogens is 4. The van der Waals surface area contributed by atoms with Crippen LogP contribution in [0.5, 0.6) is 0 Å².